The molecule has 0 radical (unpaired) electrons. The van der Waals surface area contributed by atoms with Crippen molar-refractivity contribution in [3.8, 4) is 0 Å². The van der Waals surface area contributed by atoms with Crippen LogP contribution in [0.5, 0.6) is 0 Å². The molecule has 0 atom stereocenters. The molecule has 2 rings (SSSR count). The second-order valence-corrected chi connectivity index (χ2v) is 3.75. The summed E-state index contributed by atoms with van der Waals surface area (Å²) in [6, 6.07) is 7.87. The zero-order valence-electron chi connectivity index (χ0n) is 6.88. The quantitative estimate of drug-likeness (QED) is 0.736. The van der Waals surface area contributed by atoms with Crippen LogP contribution < -0.4 is 5.32 Å². The van der Waals surface area contributed by atoms with Gasteiger partial charge >= 0.3 is 0 Å². The molecule has 0 saturated heterocycles. The summed E-state index contributed by atoms with van der Waals surface area (Å²) in [7, 11) is 0. The summed E-state index contributed by atoms with van der Waals surface area (Å²) < 4.78 is 0.925. The maximum absolute atomic E-state index is 11.2. The molecule has 1 aliphatic rings. The second-order valence-electron chi connectivity index (χ2n) is 2.89. The number of hydrogen-bond donors (Lipinski definition) is 1. The van der Waals surface area contributed by atoms with Crippen molar-refractivity contribution in [3.05, 3.63) is 41.6 Å². The summed E-state index contributed by atoms with van der Waals surface area (Å²) >= 11 is 3.41. The van der Waals surface area contributed by atoms with Gasteiger partial charge in [-0.2, -0.15) is 0 Å². The molecule has 1 heterocycles. The minimum Gasteiger partial charge on any atom is -0.331 e. The van der Waals surface area contributed by atoms with Crippen LogP contribution in [0, 0.1) is 0 Å². The maximum atomic E-state index is 11.2. The van der Waals surface area contributed by atoms with E-state index in [2.05, 4.69) is 21.2 Å². The lowest BCUT2D eigenvalue weighted by atomic mass is 10.1. The molecule has 0 saturated carbocycles. The Bertz CT molecular complexity index is 384. The molecular formula is C10H8BrNO. The van der Waals surface area contributed by atoms with E-state index >= 15 is 0 Å². The average molecular weight is 238 g/mol. The Labute approximate surface area is 84.8 Å². The summed E-state index contributed by atoms with van der Waals surface area (Å²) in [6.07, 6.45) is 2.13. The molecule has 1 aliphatic heterocycles. The number of benzene rings is 1. The molecular weight excluding hydrogens is 230 g/mol. The van der Waals surface area contributed by atoms with Gasteiger partial charge in [0.05, 0.1) is 6.42 Å². The molecule has 1 aromatic rings. The summed E-state index contributed by atoms with van der Waals surface area (Å²) in [5.74, 6) is 0.0295. The van der Waals surface area contributed by atoms with Gasteiger partial charge in [0.1, 0.15) is 0 Å². The minimum absolute atomic E-state index is 0.0295. The zero-order valence-corrected chi connectivity index (χ0v) is 8.47. The highest BCUT2D eigenvalue weighted by Crippen LogP contribution is 2.25. The molecule has 1 aromatic carbocycles. The van der Waals surface area contributed by atoms with Gasteiger partial charge in [-0.1, -0.05) is 24.3 Å². The first-order chi connectivity index (χ1) is 6.27. The smallest absolute Gasteiger partial charge is 0.228 e. The van der Waals surface area contributed by atoms with Gasteiger partial charge in [0.2, 0.25) is 5.91 Å². The fourth-order valence-electron chi connectivity index (χ4n) is 1.35. The van der Waals surface area contributed by atoms with Gasteiger partial charge in [-0.05, 0) is 27.1 Å². The normalized spacial score (nSPS) is 15.5. The van der Waals surface area contributed by atoms with Gasteiger partial charge < -0.3 is 5.32 Å². The third kappa shape index (κ3) is 1.65. The van der Waals surface area contributed by atoms with E-state index in [0.29, 0.717) is 6.42 Å². The van der Waals surface area contributed by atoms with Crippen LogP contribution >= 0.6 is 15.9 Å². The fourth-order valence-corrected chi connectivity index (χ4v) is 1.85. The molecule has 0 aromatic heterocycles. The second kappa shape index (κ2) is 3.34. The fraction of sp³-hybridized carbons (Fsp3) is 0.100. The summed E-state index contributed by atoms with van der Waals surface area (Å²) in [4.78, 5) is 11.2. The van der Waals surface area contributed by atoms with Crippen molar-refractivity contribution < 1.29 is 4.79 Å². The lowest BCUT2D eigenvalue weighted by molar-refractivity contribution is -0.119. The van der Waals surface area contributed by atoms with Gasteiger partial charge in [-0.3, -0.25) is 4.79 Å². The molecule has 2 nitrogen and oxygen atoms in total. The molecule has 13 heavy (non-hydrogen) atoms. The highest BCUT2D eigenvalue weighted by Gasteiger charge is 2.12. The van der Waals surface area contributed by atoms with E-state index in [1.54, 1.807) is 6.20 Å². The Balaban J connectivity index is 2.55. The summed E-state index contributed by atoms with van der Waals surface area (Å²) in [5.41, 5.74) is 2.14. The predicted molar refractivity (Wildman–Crippen MR) is 55.2 cm³/mol. The number of nitrogens with one attached hydrogen (secondary N) is 1. The van der Waals surface area contributed by atoms with Crippen LogP contribution in [0.3, 0.4) is 0 Å². The van der Waals surface area contributed by atoms with Crippen molar-refractivity contribution in [2.75, 3.05) is 0 Å². The molecule has 0 bridgehead atoms. The van der Waals surface area contributed by atoms with E-state index in [9.17, 15) is 4.79 Å². The predicted octanol–water partition coefficient (Wildman–Crippen LogP) is 2.05. The lowest BCUT2D eigenvalue weighted by Gasteiger charge is -2.02. The number of hydrogen-bond acceptors (Lipinski definition) is 1. The van der Waals surface area contributed by atoms with Crippen LogP contribution in [-0.2, 0) is 11.2 Å². The maximum Gasteiger partial charge on any atom is 0.228 e. The van der Waals surface area contributed by atoms with E-state index in [0.717, 1.165) is 15.6 Å². The van der Waals surface area contributed by atoms with Crippen molar-refractivity contribution in [2.24, 2.45) is 0 Å². The minimum atomic E-state index is 0.0295. The molecule has 1 amide bonds. The van der Waals surface area contributed by atoms with E-state index in [-0.39, 0.29) is 5.91 Å². The van der Waals surface area contributed by atoms with Crippen LogP contribution in [-0.4, -0.2) is 5.91 Å². The van der Waals surface area contributed by atoms with Crippen LogP contribution in [0.4, 0.5) is 0 Å². The van der Waals surface area contributed by atoms with Gasteiger partial charge in [0, 0.05) is 10.7 Å². The van der Waals surface area contributed by atoms with E-state index in [1.807, 2.05) is 24.3 Å². The largest absolute Gasteiger partial charge is 0.331 e. The molecule has 66 valence electrons. The first-order valence-electron chi connectivity index (χ1n) is 4.00. The first-order valence-corrected chi connectivity index (χ1v) is 4.80. The number of fused-ring (bicyclic) bond motifs is 1. The van der Waals surface area contributed by atoms with E-state index in [1.165, 1.54) is 0 Å². The highest BCUT2D eigenvalue weighted by molar-refractivity contribution is 9.15. The standard InChI is InChI=1S/C10H8BrNO/c11-9-6-12-10(13)5-7-3-1-2-4-8(7)9/h1-4,6H,5H2,(H,12,13). The number of rotatable bonds is 0. The van der Waals surface area contributed by atoms with Crippen LogP contribution in [0.2, 0.25) is 0 Å². The molecule has 0 fully saturated rings. The Morgan fingerprint density at radius 3 is 2.92 bits per heavy atom. The number of carbonyl (C=O) groups is 1. The Hall–Kier alpha value is -1.09. The van der Waals surface area contributed by atoms with Crippen molar-refractivity contribution >= 4 is 26.3 Å². The van der Waals surface area contributed by atoms with Crippen LogP contribution in [0.1, 0.15) is 11.1 Å². The molecule has 0 unspecified atom stereocenters. The van der Waals surface area contributed by atoms with Crippen molar-refractivity contribution in [1.29, 1.82) is 0 Å². The van der Waals surface area contributed by atoms with Gasteiger partial charge in [0.15, 0.2) is 0 Å². The lowest BCUT2D eigenvalue weighted by Crippen LogP contribution is -2.17. The van der Waals surface area contributed by atoms with E-state index < -0.39 is 0 Å². The molecule has 1 N–H and O–H groups in total. The third-order valence-electron chi connectivity index (χ3n) is 1.99. The topological polar surface area (TPSA) is 29.1 Å². The van der Waals surface area contributed by atoms with Gasteiger partial charge in [-0.25, -0.2) is 0 Å². The summed E-state index contributed by atoms with van der Waals surface area (Å²) in [5, 5.41) is 2.69. The van der Waals surface area contributed by atoms with Crippen molar-refractivity contribution in [2.45, 2.75) is 6.42 Å². The summed E-state index contributed by atoms with van der Waals surface area (Å²) in [6.45, 7) is 0. The van der Waals surface area contributed by atoms with Crippen molar-refractivity contribution in [3.63, 3.8) is 0 Å². The number of halogens is 1. The van der Waals surface area contributed by atoms with E-state index in [4.69, 9.17) is 0 Å². The molecule has 0 aliphatic carbocycles. The first kappa shape index (κ1) is 8.51. The average Bonchev–Trinajstić information content (AvgIpc) is 2.27. The third-order valence-corrected chi connectivity index (χ3v) is 2.64. The number of amides is 1. The van der Waals surface area contributed by atoms with Gasteiger partial charge in [-0.15, -0.1) is 0 Å². The zero-order chi connectivity index (χ0) is 9.26. The SMILES string of the molecule is O=C1Cc2ccccc2C(Br)=CN1. The van der Waals surface area contributed by atoms with Crippen molar-refractivity contribution in [1.82, 2.24) is 5.32 Å². The Morgan fingerprint density at radius 1 is 1.31 bits per heavy atom. The van der Waals surface area contributed by atoms with Gasteiger partial charge in [0.25, 0.3) is 0 Å². The van der Waals surface area contributed by atoms with Crippen LogP contribution in [0.25, 0.3) is 4.48 Å². The molecule has 0 spiro atoms. The molecule has 3 heteroatoms. The monoisotopic (exact) mass is 237 g/mol. The highest BCUT2D eigenvalue weighted by atomic mass is 79.9. The Kier molecular flexibility index (Phi) is 2.19. The van der Waals surface area contributed by atoms with Crippen LogP contribution in [0.15, 0.2) is 30.5 Å². The number of carbonyl (C=O) groups excluding carboxylic acids is 1. The Morgan fingerprint density at radius 2 is 2.08 bits per heavy atom.